The molecule has 116 valence electrons. The quantitative estimate of drug-likeness (QED) is 0.754. The first-order valence-electron chi connectivity index (χ1n) is 6.78. The predicted octanol–water partition coefficient (Wildman–Crippen LogP) is 4.72. The van der Waals surface area contributed by atoms with Gasteiger partial charge in [-0.25, -0.2) is 4.39 Å². The van der Waals surface area contributed by atoms with Gasteiger partial charge in [-0.2, -0.15) is 0 Å². The molecule has 3 nitrogen and oxygen atoms in total. The van der Waals surface area contributed by atoms with E-state index in [0.717, 1.165) is 22.2 Å². The second-order valence-electron chi connectivity index (χ2n) is 4.95. The van der Waals surface area contributed by atoms with Crippen LogP contribution in [0.1, 0.15) is 11.1 Å². The monoisotopic (exact) mass is 347 g/mol. The van der Waals surface area contributed by atoms with E-state index in [1.54, 1.807) is 42.5 Å². The molecular formula is C17H11ClFNO2S. The van der Waals surface area contributed by atoms with Crippen LogP contribution in [0.3, 0.4) is 0 Å². The van der Waals surface area contributed by atoms with Crippen LogP contribution in [0.15, 0.2) is 53.4 Å². The number of halogens is 2. The van der Waals surface area contributed by atoms with Crippen LogP contribution in [0.5, 0.6) is 0 Å². The zero-order valence-corrected chi connectivity index (χ0v) is 13.4. The molecule has 0 bridgehead atoms. The number of benzene rings is 2. The van der Waals surface area contributed by atoms with Crippen molar-refractivity contribution < 1.29 is 14.0 Å². The molecule has 1 saturated heterocycles. The molecule has 0 aliphatic carbocycles. The van der Waals surface area contributed by atoms with Gasteiger partial charge in [-0.05, 0) is 53.2 Å². The summed E-state index contributed by atoms with van der Waals surface area (Å²) in [6.07, 6.45) is 1.66. The van der Waals surface area contributed by atoms with Crippen LogP contribution in [0.2, 0.25) is 5.02 Å². The van der Waals surface area contributed by atoms with Crippen molar-refractivity contribution in [1.29, 1.82) is 0 Å². The summed E-state index contributed by atoms with van der Waals surface area (Å²) in [4.78, 5) is 25.9. The fourth-order valence-corrected chi connectivity index (χ4v) is 3.08. The lowest BCUT2D eigenvalue weighted by molar-refractivity contribution is -0.123. The van der Waals surface area contributed by atoms with Crippen molar-refractivity contribution in [2.24, 2.45) is 0 Å². The maximum Gasteiger partial charge on any atom is 0.293 e. The Balaban J connectivity index is 1.79. The maximum atomic E-state index is 12.9. The van der Waals surface area contributed by atoms with Crippen LogP contribution in [0.4, 0.5) is 9.18 Å². The molecule has 1 aliphatic heterocycles. The number of thioether (sulfide) groups is 1. The van der Waals surface area contributed by atoms with Gasteiger partial charge in [-0.3, -0.25) is 14.5 Å². The Morgan fingerprint density at radius 1 is 1.04 bits per heavy atom. The van der Waals surface area contributed by atoms with E-state index < -0.39 is 0 Å². The average Bonchev–Trinajstić information content (AvgIpc) is 2.79. The SMILES string of the molecule is O=C1S/C(=C\c2ccc(Cl)cc2)C(=O)N1Cc1ccc(F)cc1. The number of hydrogen-bond acceptors (Lipinski definition) is 3. The van der Waals surface area contributed by atoms with Gasteiger partial charge in [0, 0.05) is 5.02 Å². The molecule has 0 N–H and O–H groups in total. The summed E-state index contributed by atoms with van der Waals surface area (Å²) in [6, 6.07) is 12.7. The molecule has 0 spiro atoms. The largest absolute Gasteiger partial charge is 0.293 e. The summed E-state index contributed by atoms with van der Waals surface area (Å²) >= 11 is 6.72. The Hall–Kier alpha value is -2.11. The van der Waals surface area contributed by atoms with E-state index in [4.69, 9.17) is 11.6 Å². The fourth-order valence-electron chi connectivity index (χ4n) is 2.12. The van der Waals surface area contributed by atoms with E-state index in [-0.39, 0.29) is 23.5 Å². The summed E-state index contributed by atoms with van der Waals surface area (Å²) in [7, 11) is 0. The minimum atomic E-state index is -0.356. The van der Waals surface area contributed by atoms with Crippen molar-refractivity contribution in [2.45, 2.75) is 6.54 Å². The third-order valence-corrected chi connectivity index (χ3v) is 4.45. The normalized spacial score (nSPS) is 16.4. The van der Waals surface area contributed by atoms with Crippen molar-refractivity contribution in [2.75, 3.05) is 0 Å². The van der Waals surface area contributed by atoms with Crippen LogP contribution in [0, 0.1) is 5.82 Å². The Morgan fingerprint density at radius 3 is 2.35 bits per heavy atom. The zero-order chi connectivity index (χ0) is 16.4. The lowest BCUT2D eigenvalue weighted by Gasteiger charge is -2.12. The lowest BCUT2D eigenvalue weighted by atomic mass is 10.2. The van der Waals surface area contributed by atoms with E-state index >= 15 is 0 Å². The van der Waals surface area contributed by atoms with Gasteiger partial charge in [0.2, 0.25) is 0 Å². The van der Waals surface area contributed by atoms with E-state index in [2.05, 4.69) is 0 Å². The van der Waals surface area contributed by atoms with Crippen LogP contribution >= 0.6 is 23.4 Å². The number of rotatable bonds is 3. The molecule has 6 heteroatoms. The van der Waals surface area contributed by atoms with E-state index in [1.807, 2.05) is 0 Å². The highest BCUT2D eigenvalue weighted by Gasteiger charge is 2.34. The molecule has 0 atom stereocenters. The highest BCUT2D eigenvalue weighted by atomic mass is 35.5. The molecule has 2 aromatic rings. The zero-order valence-electron chi connectivity index (χ0n) is 11.8. The number of hydrogen-bond donors (Lipinski definition) is 0. The molecule has 2 amide bonds. The number of carbonyl (C=O) groups excluding carboxylic acids is 2. The third kappa shape index (κ3) is 3.63. The number of nitrogens with zero attached hydrogens (tertiary/aromatic N) is 1. The number of imide groups is 1. The average molecular weight is 348 g/mol. The van der Waals surface area contributed by atoms with E-state index in [0.29, 0.717) is 15.5 Å². The standard InChI is InChI=1S/C17H11ClFNO2S/c18-13-5-1-11(2-6-13)9-15-16(21)20(17(22)23-15)10-12-3-7-14(19)8-4-12/h1-9H,10H2/b15-9-. The van der Waals surface area contributed by atoms with Crippen LogP contribution < -0.4 is 0 Å². The van der Waals surface area contributed by atoms with Crippen molar-refractivity contribution in [1.82, 2.24) is 4.90 Å². The van der Waals surface area contributed by atoms with Crippen LogP contribution in [0.25, 0.3) is 6.08 Å². The molecular weight excluding hydrogens is 337 g/mol. The summed E-state index contributed by atoms with van der Waals surface area (Å²) in [6.45, 7) is 0.128. The van der Waals surface area contributed by atoms with Gasteiger partial charge < -0.3 is 0 Å². The first-order valence-corrected chi connectivity index (χ1v) is 7.98. The Bertz CT molecular complexity index is 787. The minimum absolute atomic E-state index is 0.128. The van der Waals surface area contributed by atoms with Gasteiger partial charge >= 0.3 is 0 Å². The molecule has 1 heterocycles. The Labute approximate surface area is 141 Å². The van der Waals surface area contributed by atoms with Crippen LogP contribution in [-0.4, -0.2) is 16.0 Å². The van der Waals surface area contributed by atoms with Crippen molar-refractivity contribution >= 4 is 40.6 Å². The van der Waals surface area contributed by atoms with E-state index in [9.17, 15) is 14.0 Å². The summed E-state index contributed by atoms with van der Waals surface area (Å²) in [5, 5.41) is 0.270. The summed E-state index contributed by atoms with van der Waals surface area (Å²) in [5.41, 5.74) is 1.49. The van der Waals surface area contributed by atoms with Crippen molar-refractivity contribution in [3.63, 3.8) is 0 Å². The van der Waals surface area contributed by atoms with Gasteiger partial charge in [0.1, 0.15) is 5.82 Å². The van der Waals surface area contributed by atoms with Gasteiger partial charge in [0.25, 0.3) is 11.1 Å². The second-order valence-corrected chi connectivity index (χ2v) is 6.38. The number of amides is 2. The first kappa shape index (κ1) is 15.8. The highest BCUT2D eigenvalue weighted by Crippen LogP contribution is 2.33. The second kappa shape index (κ2) is 6.56. The third-order valence-electron chi connectivity index (χ3n) is 3.30. The highest BCUT2D eigenvalue weighted by molar-refractivity contribution is 8.18. The topological polar surface area (TPSA) is 37.4 Å². The molecule has 23 heavy (non-hydrogen) atoms. The van der Waals surface area contributed by atoms with Gasteiger partial charge in [0.15, 0.2) is 0 Å². The molecule has 0 unspecified atom stereocenters. The first-order chi connectivity index (χ1) is 11.0. The molecule has 1 fully saturated rings. The molecule has 0 saturated carbocycles. The lowest BCUT2D eigenvalue weighted by Crippen LogP contribution is -2.27. The van der Waals surface area contributed by atoms with Crippen LogP contribution in [-0.2, 0) is 11.3 Å². The van der Waals surface area contributed by atoms with Crippen molar-refractivity contribution in [3.8, 4) is 0 Å². The van der Waals surface area contributed by atoms with E-state index in [1.165, 1.54) is 12.1 Å². The minimum Gasteiger partial charge on any atom is -0.268 e. The molecule has 1 aliphatic rings. The molecule has 2 aromatic carbocycles. The molecule has 0 aromatic heterocycles. The summed E-state index contributed by atoms with van der Waals surface area (Å²) < 4.78 is 12.9. The molecule has 3 rings (SSSR count). The Morgan fingerprint density at radius 2 is 1.70 bits per heavy atom. The van der Waals surface area contributed by atoms with Crippen molar-refractivity contribution in [3.05, 3.63) is 75.4 Å². The molecule has 0 radical (unpaired) electrons. The smallest absolute Gasteiger partial charge is 0.268 e. The fraction of sp³-hybridized carbons (Fsp3) is 0.0588. The van der Waals surface area contributed by atoms with Gasteiger partial charge in [-0.1, -0.05) is 35.9 Å². The van der Waals surface area contributed by atoms with Gasteiger partial charge in [-0.15, -0.1) is 0 Å². The van der Waals surface area contributed by atoms with Gasteiger partial charge in [0.05, 0.1) is 11.4 Å². The number of carbonyl (C=O) groups is 2. The Kier molecular flexibility index (Phi) is 4.50. The predicted molar refractivity (Wildman–Crippen MR) is 89.4 cm³/mol. The maximum absolute atomic E-state index is 12.9. The summed E-state index contributed by atoms with van der Waals surface area (Å²) in [5.74, 6) is -0.704.